The summed E-state index contributed by atoms with van der Waals surface area (Å²) in [6, 6.07) is 3.83. The number of piperidine rings is 1. The zero-order valence-corrected chi connectivity index (χ0v) is 22.4. The van der Waals surface area contributed by atoms with E-state index in [1.54, 1.807) is 6.07 Å². The van der Waals surface area contributed by atoms with E-state index in [0.717, 1.165) is 44.6 Å². The molecule has 0 aromatic heterocycles. The molecule has 1 spiro atoms. The third-order valence-corrected chi connectivity index (χ3v) is 8.45. The highest BCUT2D eigenvalue weighted by Gasteiger charge is 2.43. The average Bonchev–Trinajstić information content (AvgIpc) is 3.34. The molecule has 2 amide bonds. The summed E-state index contributed by atoms with van der Waals surface area (Å²) in [5.41, 5.74) is -0.212. The first-order valence-corrected chi connectivity index (χ1v) is 14.1. The van der Waals surface area contributed by atoms with Crippen molar-refractivity contribution in [2.45, 2.75) is 90.3 Å². The van der Waals surface area contributed by atoms with E-state index in [0.29, 0.717) is 64.2 Å². The quantitative estimate of drug-likeness (QED) is 0.629. The molecule has 0 bridgehead atoms. The molecule has 1 aromatic rings. The van der Waals surface area contributed by atoms with Crippen LogP contribution < -0.4 is 5.32 Å². The maximum Gasteiger partial charge on any atom is 0.245 e. The van der Waals surface area contributed by atoms with Gasteiger partial charge in [-0.2, -0.15) is 0 Å². The molecule has 1 N–H and O–H groups in total. The maximum absolute atomic E-state index is 14.2. The van der Waals surface area contributed by atoms with Gasteiger partial charge in [0.05, 0.1) is 18.1 Å². The molecule has 3 aliphatic heterocycles. The van der Waals surface area contributed by atoms with Crippen LogP contribution in [0.4, 0.5) is 8.78 Å². The molecule has 4 rings (SSSR count). The number of benzene rings is 1. The van der Waals surface area contributed by atoms with Crippen LogP contribution in [0.2, 0.25) is 0 Å². The molecule has 8 heteroatoms. The summed E-state index contributed by atoms with van der Waals surface area (Å²) in [6.07, 6.45) is 7.42. The molecule has 0 unspecified atom stereocenters. The molecule has 3 heterocycles. The Hall–Kier alpha value is -2.06. The van der Waals surface area contributed by atoms with Crippen molar-refractivity contribution in [2.75, 3.05) is 32.8 Å². The second-order valence-electron chi connectivity index (χ2n) is 11.6. The molecular formula is C29H43F2N3O3. The van der Waals surface area contributed by atoms with Crippen LogP contribution in [-0.2, 0) is 20.9 Å². The third-order valence-electron chi connectivity index (χ3n) is 8.45. The zero-order chi connectivity index (χ0) is 26.4. The number of amides is 2. The number of carbonyl (C=O) groups excluding carboxylic acids is 2. The number of hydrogen-bond acceptors (Lipinski definition) is 4. The molecule has 1 aromatic carbocycles. The fourth-order valence-corrected chi connectivity index (χ4v) is 6.21. The monoisotopic (exact) mass is 519 g/mol. The van der Waals surface area contributed by atoms with Crippen molar-refractivity contribution in [1.82, 2.24) is 15.1 Å². The van der Waals surface area contributed by atoms with E-state index < -0.39 is 23.1 Å². The van der Waals surface area contributed by atoms with Crippen LogP contribution in [0.5, 0.6) is 0 Å². The molecular weight excluding hydrogens is 476 g/mol. The highest BCUT2D eigenvalue weighted by atomic mass is 19.2. The smallest absolute Gasteiger partial charge is 0.245 e. The van der Waals surface area contributed by atoms with Crippen LogP contribution in [0.15, 0.2) is 18.2 Å². The van der Waals surface area contributed by atoms with E-state index in [1.807, 2.05) is 4.90 Å². The number of carbonyl (C=O) groups is 2. The number of hydrogen-bond donors (Lipinski definition) is 1. The fraction of sp³-hybridized carbons (Fsp3) is 0.724. The lowest BCUT2D eigenvalue weighted by Crippen LogP contribution is -2.56. The lowest BCUT2D eigenvalue weighted by Gasteiger charge is -2.42. The Kier molecular flexibility index (Phi) is 9.57. The molecule has 206 valence electrons. The minimum atomic E-state index is -0.832. The van der Waals surface area contributed by atoms with Crippen molar-refractivity contribution in [3.8, 4) is 0 Å². The standard InChI is InChI=1S/C29H43F2N3O3/c1-21(2)18-25-27(35)34-14-7-9-23(34)20-37-17-5-3-4-11-29(28(36)32-25)12-15-33(16-13-29)19-22-8-6-10-24(30)26(22)31/h6,8,10,21,23,25H,3-5,7,9,11-20H2,1-2H3,(H,32,36)/t23-,25-/m0/s1. The van der Waals surface area contributed by atoms with Gasteiger partial charge in [0.25, 0.3) is 0 Å². The first-order chi connectivity index (χ1) is 17.8. The Labute approximate surface area is 220 Å². The number of halogens is 2. The molecule has 3 saturated heterocycles. The van der Waals surface area contributed by atoms with Gasteiger partial charge in [-0.3, -0.25) is 14.5 Å². The van der Waals surface area contributed by atoms with Crippen molar-refractivity contribution in [2.24, 2.45) is 11.3 Å². The molecule has 2 atom stereocenters. The summed E-state index contributed by atoms with van der Waals surface area (Å²) in [4.78, 5) is 31.6. The van der Waals surface area contributed by atoms with Gasteiger partial charge in [-0.15, -0.1) is 0 Å². The van der Waals surface area contributed by atoms with Crippen LogP contribution in [0.1, 0.15) is 77.2 Å². The van der Waals surface area contributed by atoms with Gasteiger partial charge >= 0.3 is 0 Å². The number of nitrogens with zero attached hydrogens (tertiary/aromatic N) is 2. The number of likely N-dealkylation sites (tertiary alicyclic amines) is 1. The fourth-order valence-electron chi connectivity index (χ4n) is 6.21. The molecule has 37 heavy (non-hydrogen) atoms. The minimum absolute atomic E-state index is 0.0133. The van der Waals surface area contributed by atoms with E-state index >= 15 is 0 Å². The van der Waals surface area contributed by atoms with Gasteiger partial charge in [0.2, 0.25) is 11.8 Å². The van der Waals surface area contributed by atoms with E-state index in [1.165, 1.54) is 6.07 Å². The molecule has 3 aliphatic rings. The first-order valence-electron chi connectivity index (χ1n) is 14.1. The third kappa shape index (κ3) is 6.88. The molecule has 6 nitrogen and oxygen atoms in total. The summed E-state index contributed by atoms with van der Waals surface area (Å²) in [5.74, 6) is -1.37. The van der Waals surface area contributed by atoms with Crippen LogP contribution in [0.25, 0.3) is 0 Å². The average molecular weight is 520 g/mol. The Bertz CT molecular complexity index is 933. The highest BCUT2D eigenvalue weighted by Crippen LogP contribution is 2.38. The summed E-state index contributed by atoms with van der Waals surface area (Å²) in [7, 11) is 0. The Morgan fingerprint density at radius 1 is 1.05 bits per heavy atom. The second-order valence-corrected chi connectivity index (χ2v) is 11.6. The van der Waals surface area contributed by atoms with Gasteiger partial charge in [0.1, 0.15) is 6.04 Å². The number of nitrogens with one attached hydrogen (secondary N) is 1. The number of fused-ring (bicyclic) bond motifs is 1. The van der Waals surface area contributed by atoms with Gasteiger partial charge in [-0.25, -0.2) is 8.78 Å². The Morgan fingerprint density at radius 3 is 2.59 bits per heavy atom. The second kappa shape index (κ2) is 12.7. The van der Waals surface area contributed by atoms with Gasteiger partial charge in [0, 0.05) is 25.3 Å². The lowest BCUT2D eigenvalue weighted by molar-refractivity contribution is -0.143. The zero-order valence-electron chi connectivity index (χ0n) is 22.4. The summed E-state index contributed by atoms with van der Waals surface area (Å²) >= 11 is 0. The first kappa shape index (κ1) is 28.0. The number of ether oxygens (including phenoxy) is 1. The van der Waals surface area contributed by atoms with Crippen molar-refractivity contribution in [3.63, 3.8) is 0 Å². The van der Waals surface area contributed by atoms with Gasteiger partial charge < -0.3 is 15.0 Å². The Morgan fingerprint density at radius 2 is 1.84 bits per heavy atom. The van der Waals surface area contributed by atoms with Gasteiger partial charge in [-0.1, -0.05) is 38.8 Å². The topological polar surface area (TPSA) is 61.9 Å². The molecule has 0 saturated carbocycles. The minimum Gasteiger partial charge on any atom is -0.379 e. The van der Waals surface area contributed by atoms with Crippen molar-refractivity contribution >= 4 is 11.8 Å². The van der Waals surface area contributed by atoms with E-state index in [4.69, 9.17) is 4.74 Å². The predicted molar refractivity (Wildman–Crippen MR) is 139 cm³/mol. The summed E-state index contributed by atoms with van der Waals surface area (Å²) < 4.78 is 33.9. The highest BCUT2D eigenvalue weighted by molar-refractivity contribution is 5.90. The maximum atomic E-state index is 14.2. The summed E-state index contributed by atoms with van der Waals surface area (Å²) in [5, 5.41) is 3.21. The van der Waals surface area contributed by atoms with Crippen LogP contribution in [-0.4, -0.2) is 66.5 Å². The van der Waals surface area contributed by atoms with Crippen molar-refractivity contribution < 1.29 is 23.1 Å². The van der Waals surface area contributed by atoms with E-state index in [9.17, 15) is 18.4 Å². The normalized spacial score (nSPS) is 26.2. The van der Waals surface area contributed by atoms with Crippen LogP contribution in [0.3, 0.4) is 0 Å². The van der Waals surface area contributed by atoms with Gasteiger partial charge in [-0.05, 0) is 70.0 Å². The lowest BCUT2D eigenvalue weighted by atomic mass is 9.73. The van der Waals surface area contributed by atoms with Crippen molar-refractivity contribution in [3.05, 3.63) is 35.4 Å². The summed E-state index contributed by atoms with van der Waals surface area (Å²) in [6.45, 7) is 7.70. The van der Waals surface area contributed by atoms with Crippen LogP contribution >= 0.6 is 0 Å². The van der Waals surface area contributed by atoms with E-state index in [2.05, 4.69) is 24.1 Å². The Balaban J connectivity index is 1.49. The molecule has 3 fully saturated rings. The van der Waals surface area contributed by atoms with Crippen LogP contribution in [0, 0.1) is 23.0 Å². The largest absolute Gasteiger partial charge is 0.379 e. The molecule has 0 radical (unpaired) electrons. The van der Waals surface area contributed by atoms with Crippen molar-refractivity contribution in [1.29, 1.82) is 0 Å². The SMILES string of the molecule is CC(C)C[C@@H]1NC(=O)C2(CCCCCOC[C@@H]3CCCN3C1=O)CCN(Cc1cccc(F)c1F)CC2. The van der Waals surface area contributed by atoms with E-state index in [-0.39, 0.29) is 23.8 Å². The molecule has 0 aliphatic carbocycles. The van der Waals surface area contributed by atoms with Gasteiger partial charge in [0.15, 0.2) is 11.6 Å². The number of rotatable bonds is 4. The predicted octanol–water partition coefficient (Wildman–Crippen LogP) is 4.66.